The van der Waals surface area contributed by atoms with Crippen LogP contribution in [0, 0.1) is 23.7 Å². The van der Waals surface area contributed by atoms with Crippen molar-refractivity contribution in [1.29, 1.82) is 0 Å². The third kappa shape index (κ3) is 4.92. The molecule has 7 aliphatic rings. The minimum Gasteiger partial charge on any atom is -0.457 e. The maximum atomic E-state index is 6.96. The van der Waals surface area contributed by atoms with Crippen molar-refractivity contribution in [3.63, 3.8) is 0 Å². The first-order valence-corrected chi connectivity index (χ1v) is 22.6. The number of fused-ring (bicyclic) bond motifs is 6. The van der Waals surface area contributed by atoms with Gasteiger partial charge in [0.2, 0.25) is 0 Å². The third-order valence-electron chi connectivity index (χ3n) is 16.8. The van der Waals surface area contributed by atoms with Gasteiger partial charge in [0, 0.05) is 38.9 Å². The Labute approximate surface area is 351 Å². The van der Waals surface area contributed by atoms with Crippen LogP contribution in [0.3, 0.4) is 0 Å². The molecule has 0 saturated heterocycles. The monoisotopic (exact) mass is 771 g/mol. The first kappa shape index (κ1) is 35.8. The standard InChI is InChI=1S/C57H57NO/c1-54(2)26-27-55(3,4)53-44(16-13-19-47(53)54)43-15-8-11-20-50(43)58(39-22-24-42-41-14-7-9-17-45(41)56(5,6)48(42)33-39)40-23-25-52-49(34-40)57(46-18-10-12-21-51(46)59-52)37-29-35-28-36(31-37)32-38(57)30-35/h7-25,33-38H,26-32H2,1-6H3. The molecule has 0 radical (unpaired) electrons. The topological polar surface area (TPSA) is 12.5 Å². The minimum atomic E-state index is -0.112. The van der Waals surface area contributed by atoms with Crippen molar-refractivity contribution in [3.8, 4) is 33.8 Å². The zero-order valence-corrected chi connectivity index (χ0v) is 35.7. The normalized spacial score (nSPS) is 26.6. The van der Waals surface area contributed by atoms with E-state index in [0.29, 0.717) is 11.8 Å². The molecule has 6 aliphatic carbocycles. The summed E-state index contributed by atoms with van der Waals surface area (Å²) in [5, 5.41) is 0. The predicted molar refractivity (Wildman–Crippen MR) is 244 cm³/mol. The van der Waals surface area contributed by atoms with Gasteiger partial charge in [0.1, 0.15) is 11.5 Å². The number of rotatable bonds is 4. The highest BCUT2D eigenvalue weighted by Gasteiger charge is 2.61. The van der Waals surface area contributed by atoms with Crippen molar-refractivity contribution in [2.75, 3.05) is 4.90 Å². The van der Waals surface area contributed by atoms with Crippen LogP contribution in [-0.4, -0.2) is 0 Å². The van der Waals surface area contributed by atoms with E-state index in [0.717, 1.165) is 23.3 Å². The average Bonchev–Trinajstić information content (AvgIpc) is 3.46. The fraction of sp³-hybridized carbons (Fsp3) is 0.368. The summed E-state index contributed by atoms with van der Waals surface area (Å²) in [5.74, 6) is 5.15. The molecule has 1 aliphatic heterocycles. The molecule has 1 spiro atoms. The molecule has 6 aromatic rings. The minimum absolute atomic E-state index is 0.0333. The molecular weight excluding hydrogens is 715 g/mol. The van der Waals surface area contributed by atoms with Gasteiger partial charge < -0.3 is 9.64 Å². The van der Waals surface area contributed by atoms with Gasteiger partial charge in [0.25, 0.3) is 0 Å². The van der Waals surface area contributed by atoms with Gasteiger partial charge >= 0.3 is 0 Å². The molecule has 2 heteroatoms. The Kier molecular flexibility index (Phi) is 7.44. The highest BCUT2D eigenvalue weighted by Crippen LogP contribution is 2.69. The van der Waals surface area contributed by atoms with E-state index in [1.807, 2.05) is 0 Å². The van der Waals surface area contributed by atoms with Gasteiger partial charge in [-0.25, -0.2) is 0 Å². The molecule has 2 nitrogen and oxygen atoms in total. The number of hydrogen-bond donors (Lipinski definition) is 0. The van der Waals surface area contributed by atoms with Crippen molar-refractivity contribution in [1.82, 2.24) is 0 Å². The lowest BCUT2D eigenvalue weighted by molar-refractivity contribution is -0.0452. The van der Waals surface area contributed by atoms with Crippen LogP contribution < -0.4 is 9.64 Å². The second-order valence-corrected chi connectivity index (χ2v) is 21.2. The van der Waals surface area contributed by atoms with E-state index in [9.17, 15) is 0 Å². The fourth-order valence-corrected chi connectivity index (χ4v) is 14.1. The molecular formula is C57H57NO. The molecule has 59 heavy (non-hydrogen) atoms. The van der Waals surface area contributed by atoms with E-state index in [4.69, 9.17) is 4.74 Å². The molecule has 4 bridgehead atoms. The lowest BCUT2D eigenvalue weighted by Crippen LogP contribution is -2.57. The zero-order valence-electron chi connectivity index (χ0n) is 35.7. The molecule has 6 aromatic carbocycles. The Hall–Kier alpha value is -5.08. The van der Waals surface area contributed by atoms with E-state index in [2.05, 4.69) is 174 Å². The Balaban J connectivity index is 1.11. The van der Waals surface area contributed by atoms with Crippen molar-refractivity contribution in [3.05, 3.63) is 161 Å². The van der Waals surface area contributed by atoms with Gasteiger partial charge in [-0.1, -0.05) is 126 Å². The largest absolute Gasteiger partial charge is 0.457 e. The smallest absolute Gasteiger partial charge is 0.131 e. The van der Waals surface area contributed by atoms with E-state index < -0.39 is 0 Å². The summed E-state index contributed by atoms with van der Waals surface area (Å²) in [7, 11) is 0. The molecule has 4 fully saturated rings. The number of benzene rings is 6. The first-order chi connectivity index (χ1) is 28.4. The Morgan fingerprint density at radius 1 is 0.458 bits per heavy atom. The first-order valence-electron chi connectivity index (χ1n) is 22.6. The second-order valence-electron chi connectivity index (χ2n) is 21.2. The third-order valence-corrected chi connectivity index (χ3v) is 16.8. The van der Waals surface area contributed by atoms with Gasteiger partial charge in [0.05, 0.1) is 5.69 Å². The summed E-state index contributed by atoms with van der Waals surface area (Å²) in [6.45, 7) is 14.6. The molecule has 0 aromatic heterocycles. The van der Waals surface area contributed by atoms with Crippen LogP contribution in [0.15, 0.2) is 127 Å². The van der Waals surface area contributed by atoms with Crippen LogP contribution >= 0.6 is 0 Å². The van der Waals surface area contributed by atoms with Crippen LogP contribution in [0.1, 0.15) is 120 Å². The van der Waals surface area contributed by atoms with E-state index in [-0.39, 0.29) is 21.7 Å². The molecule has 0 atom stereocenters. The number of ether oxygens (including phenoxy) is 1. The molecule has 0 N–H and O–H groups in total. The maximum absolute atomic E-state index is 6.96. The lowest BCUT2D eigenvalue weighted by Gasteiger charge is -2.63. The number of anilines is 3. The Morgan fingerprint density at radius 3 is 1.78 bits per heavy atom. The molecule has 4 saturated carbocycles. The summed E-state index contributed by atoms with van der Waals surface area (Å²) in [6.07, 6.45) is 9.16. The summed E-state index contributed by atoms with van der Waals surface area (Å²) in [6, 6.07) is 49.1. The van der Waals surface area contributed by atoms with Crippen LogP contribution in [0.25, 0.3) is 22.3 Å². The lowest BCUT2D eigenvalue weighted by atomic mass is 9.42. The van der Waals surface area contributed by atoms with Crippen molar-refractivity contribution >= 4 is 17.1 Å². The maximum Gasteiger partial charge on any atom is 0.131 e. The average molecular weight is 772 g/mol. The molecule has 13 rings (SSSR count). The van der Waals surface area contributed by atoms with Gasteiger partial charge in [0.15, 0.2) is 0 Å². The Morgan fingerprint density at radius 2 is 1.02 bits per heavy atom. The van der Waals surface area contributed by atoms with Crippen LogP contribution in [-0.2, 0) is 21.7 Å². The van der Waals surface area contributed by atoms with Crippen LogP contribution in [0.4, 0.5) is 17.1 Å². The van der Waals surface area contributed by atoms with E-state index >= 15 is 0 Å². The van der Waals surface area contributed by atoms with Crippen LogP contribution in [0.5, 0.6) is 11.5 Å². The Bertz CT molecular complexity index is 2680. The number of nitrogens with zero attached hydrogens (tertiary/aromatic N) is 1. The number of hydrogen-bond acceptors (Lipinski definition) is 2. The van der Waals surface area contributed by atoms with Crippen molar-refractivity contribution in [2.45, 2.75) is 108 Å². The highest BCUT2D eigenvalue weighted by molar-refractivity contribution is 5.92. The predicted octanol–water partition coefficient (Wildman–Crippen LogP) is 15.3. The highest BCUT2D eigenvalue weighted by atomic mass is 16.5. The van der Waals surface area contributed by atoms with Crippen molar-refractivity contribution in [2.24, 2.45) is 23.7 Å². The van der Waals surface area contributed by atoms with E-state index in [1.165, 1.54) is 118 Å². The number of para-hydroxylation sites is 2. The van der Waals surface area contributed by atoms with Gasteiger partial charge in [-0.3, -0.25) is 0 Å². The molecule has 296 valence electrons. The van der Waals surface area contributed by atoms with Crippen LogP contribution in [0.2, 0.25) is 0 Å². The molecule has 0 amide bonds. The zero-order chi connectivity index (χ0) is 40.1. The quantitative estimate of drug-likeness (QED) is 0.177. The van der Waals surface area contributed by atoms with E-state index in [1.54, 1.807) is 0 Å². The molecule has 1 heterocycles. The summed E-state index contributed by atoms with van der Waals surface area (Å²) < 4.78 is 6.96. The van der Waals surface area contributed by atoms with Gasteiger partial charge in [-0.05, 0) is 161 Å². The SMILES string of the molecule is CC1(C)CCC(C)(C)c2c(-c3ccccc3N(c3ccc4c(c3)C(C)(C)c3ccccc3-4)c3ccc4c(c3)C3(c5ccccc5O4)C4CC5CC(C4)CC3C5)cccc21. The summed E-state index contributed by atoms with van der Waals surface area (Å²) in [4.78, 5) is 2.61. The summed E-state index contributed by atoms with van der Waals surface area (Å²) in [5.41, 5.74) is 17.7. The molecule has 0 unspecified atom stereocenters. The second kappa shape index (κ2) is 12.2. The summed E-state index contributed by atoms with van der Waals surface area (Å²) >= 11 is 0. The van der Waals surface area contributed by atoms with Crippen molar-refractivity contribution < 1.29 is 4.74 Å². The van der Waals surface area contributed by atoms with Gasteiger partial charge in [-0.2, -0.15) is 0 Å². The van der Waals surface area contributed by atoms with Gasteiger partial charge in [-0.15, -0.1) is 0 Å². The fourth-order valence-electron chi connectivity index (χ4n) is 14.1.